The van der Waals surface area contributed by atoms with Gasteiger partial charge in [-0.3, -0.25) is 4.79 Å². The van der Waals surface area contributed by atoms with Crippen LogP contribution in [0.4, 0.5) is 5.69 Å². The summed E-state index contributed by atoms with van der Waals surface area (Å²) >= 11 is 0. The fourth-order valence-corrected chi connectivity index (χ4v) is 3.37. The largest absolute Gasteiger partial charge is 0.495 e. The minimum Gasteiger partial charge on any atom is -0.495 e. The van der Waals surface area contributed by atoms with Crippen molar-refractivity contribution in [2.75, 3.05) is 33.1 Å². The van der Waals surface area contributed by atoms with Crippen molar-refractivity contribution < 1.29 is 22.7 Å². The number of carbonyl (C=O) groups is 1. The highest BCUT2D eigenvalue weighted by atomic mass is 32.2. The van der Waals surface area contributed by atoms with E-state index < -0.39 is 15.9 Å². The minimum absolute atomic E-state index is 0.0544. The number of sulfonamides is 1. The summed E-state index contributed by atoms with van der Waals surface area (Å²) in [7, 11) is 0.692. The summed E-state index contributed by atoms with van der Waals surface area (Å²) in [6, 6.07) is 11.8. The van der Waals surface area contributed by atoms with Crippen molar-refractivity contribution in [1.82, 2.24) is 4.31 Å². The first-order chi connectivity index (χ1) is 13.1. The first-order valence-electron chi connectivity index (χ1n) is 8.78. The number of hydrogen-bond acceptors (Lipinski definition) is 5. The quantitative estimate of drug-likeness (QED) is 0.728. The molecule has 0 heterocycles. The topological polar surface area (TPSA) is 84.9 Å². The summed E-state index contributed by atoms with van der Waals surface area (Å²) < 4.78 is 36.4. The van der Waals surface area contributed by atoms with Crippen molar-refractivity contribution in [3.63, 3.8) is 0 Å². The molecule has 1 N–H and O–H groups in total. The van der Waals surface area contributed by atoms with E-state index in [9.17, 15) is 13.2 Å². The normalized spacial score (nSPS) is 11.5. The van der Waals surface area contributed by atoms with Crippen LogP contribution < -0.4 is 14.8 Å². The van der Waals surface area contributed by atoms with Gasteiger partial charge < -0.3 is 14.8 Å². The average molecular weight is 407 g/mol. The van der Waals surface area contributed by atoms with Gasteiger partial charge in [0, 0.05) is 14.1 Å². The van der Waals surface area contributed by atoms with Crippen molar-refractivity contribution >= 4 is 21.6 Å². The smallest absolute Gasteiger partial charge is 0.262 e. The van der Waals surface area contributed by atoms with Gasteiger partial charge in [0.2, 0.25) is 10.0 Å². The summed E-state index contributed by atoms with van der Waals surface area (Å²) in [5, 5.41) is 2.64. The van der Waals surface area contributed by atoms with E-state index in [0.29, 0.717) is 17.4 Å². The molecule has 1 amide bonds. The molecule has 152 valence electrons. The van der Waals surface area contributed by atoms with Crippen LogP contribution in [0.3, 0.4) is 0 Å². The fourth-order valence-electron chi connectivity index (χ4n) is 2.44. The average Bonchev–Trinajstić information content (AvgIpc) is 2.66. The summed E-state index contributed by atoms with van der Waals surface area (Å²) in [5.74, 6) is 0.920. The first kappa shape index (κ1) is 21.7. The standard InChI is InChI=1S/C20H26N2O5S/c1-14(2)15-6-8-16(9-7-15)27-13-20(23)21-18-12-17(10-11-19(18)26-5)28(24,25)22(3)4/h6-12,14H,13H2,1-5H3,(H,21,23). The van der Waals surface area contributed by atoms with Crippen LogP contribution in [0.2, 0.25) is 0 Å². The van der Waals surface area contributed by atoms with Gasteiger partial charge in [-0.2, -0.15) is 0 Å². The van der Waals surface area contributed by atoms with Gasteiger partial charge in [0.05, 0.1) is 17.7 Å². The number of benzene rings is 2. The van der Waals surface area contributed by atoms with E-state index in [2.05, 4.69) is 19.2 Å². The van der Waals surface area contributed by atoms with Crippen LogP contribution in [0.15, 0.2) is 47.4 Å². The molecule has 2 aromatic carbocycles. The predicted molar refractivity (Wildman–Crippen MR) is 109 cm³/mol. The second-order valence-corrected chi connectivity index (χ2v) is 8.86. The van der Waals surface area contributed by atoms with Gasteiger partial charge in [0.25, 0.3) is 5.91 Å². The maximum absolute atomic E-state index is 12.3. The molecule has 0 bridgehead atoms. The molecule has 0 aliphatic carbocycles. The van der Waals surface area contributed by atoms with E-state index >= 15 is 0 Å². The van der Waals surface area contributed by atoms with E-state index in [-0.39, 0.29) is 17.2 Å². The maximum Gasteiger partial charge on any atom is 0.262 e. The van der Waals surface area contributed by atoms with E-state index in [0.717, 1.165) is 4.31 Å². The molecular formula is C20H26N2O5S. The van der Waals surface area contributed by atoms with Crippen molar-refractivity contribution in [2.45, 2.75) is 24.7 Å². The van der Waals surface area contributed by atoms with Crippen LogP contribution in [0, 0.1) is 0 Å². The summed E-state index contributed by atoms with van der Waals surface area (Å²) in [6.07, 6.45) is 0. The Hall–Kier alpha value is -2.58. The Bertz CT molecular complexity index is 922. The molecule has 0 radical (unpaired) electrons. The number of methoxy groups -OCH3 is 1. The first-order valence-corrected chi connectivity index (χ1v) is 10.2. The molecule has 0 aliphatic heterocycles. The number of anilines is 1. The molecule has 28 heavy (non-hydrogen) atoms. The van der Waals surface area contributed by atoms with Gasteiger partial charge in [-0.25, -0.2) is 12.7 Å². The van der Waals surface area contributed by atoms with Crippen molar-refractivity contribution in [3.05, 3.63) is 48.0 Å². The second-order valence-electron chi connectivity index (χ2n) is 6.71. The Morgan fingerprint density at radius 3 is 2.29 bits per heavy atom. The predicted octanol–water partition coefficient (Wildman–Crippen LogP) is 3.09. The molecule has 0 unspecified atom stereocenters. The van der Waals surface area contributed by atoms with Crippen LogP contribution >= 0.6 is 0 Å². The van der Waals surface area contributed by atoms with E-state index in [1.54, 1.807) is 0 Å². The van der Waals surface area contributed by atoms with Crippen LogP contribution in [-0.2, 0) is 14.8 Å². The summed E-state index contributed by atoms with van der Waals surface area (Å²) in [6.45, 7) is 3.98. The Labute approximate surface area is 166 Å². The second kappa shape index (κ2) is 9.07. The lowest BCUT2D eigenvalue weighted by Crippen LogP contribution is -2.23. The summed E-state index contributed by atoms with van der Waals surface area (Å²) in [4.78, 5) is 12.3. The molecule has 0 aliphatic rings. The Morgan fingerprint density at radius 1 is 1.11 bits per heavy atom. The van der Waals surface area contributed by atoms with Gasteiger partial charge in [-0.1, -0.05) is 26.0 Å². The van der Waals surface area contributed by atoms with Gasteiger partial charge in [-0.05, 0) is 41.8 Å². The van der Waals surface area contributed by atoms with Crippen LogP contribution in [-0.4, -0.2) is 46.4 Å². The molecule has 0 fully saturated rings. The molecule has 0 aromatic heterocycles. The zero-order chi connectivity index (χ0) is 20.9. The highest BCUT2D eigenvalue weighted by Gasteiger charge is 2.20. The summed E-state index contributed by atoms with van der Waals surface area (Å²) in [5.41, 5.74) is 1.44. The molecule has 2 rings (SSSR count). The number of nitrogens with one attached hydrogen (secondary N) is 1. The number of ether oxygens (including phenoxy) is 2. The Balaban J connectivity index is 2.10. The van der Waals surface area contributed by atoms with Crippen molar-refractivity contribution in [3.8, 4) is 11.5 Å². The Kier molecular flexibility index (Phi) is 7.04. The van der Waals surface area contributed by atoms with Crippen LogP contribution in [0.5, 0.6) is 11.5 Å². The van der Waals surface area contributed by atoms with E-state index in [4.69, 9.17) is 9.47 Å². The third-order valence-electron chi connectivity index (χ3n) is 4.14. The lowest BCUT2D eigenvalue weighted by Gasteiger charge is -2.15. The van der Waals surface area contributed by atoms with Gasteiger partial charge >= 0.3 is 0 Å². The Morgan fingerprint density at radius 2 is 1.75 bits per heavy atom. The van der Waals surface area contributed by atoms with E-state index in [1.165, 1.54) is 45.0 Å². The molecule has 0 saturated carbocycles. The van der Waals surface area contributed by atoms with Crippen molar-refractivity contribution in [2.24, 2.45) is 0 Å². The molecule has 7 nitrogen and oxygen atoms in total. The lowest BCUT2D eigenvalue weighted by atomic mass is 10.0. The van der Waals surface area contributed by atoms with Crippen molar-refractivity contribution in [1.29, 1.82) is 0 Å². The minimum atomic E-state index is -3.63. The fraction of sp³-hybridized carbons (Fsp3) is 0.350. The van der Waals surface area contributed by atoms with Crippen LogP contribution in [0.1, 0.15) is 25.3 Å². The van der Waals surface area contributed by atoms with Gasteiger partial charge in [0.1, 0.15) is 11.5 Å². The number of nitrogens with zero attached hydrogens (tertiary/aromatic N) is 1. The van der Waals surface area contributed by atoms with Gasteiger partial charge in [0.15, 0.2) is 6.61 Å². The highest BCUT2D eigenvalue weighted by molar-refractivity contribution is 7.89. The molecule has 0 atom stereocenters. The number of hydrogen-bond donors (Lipinski definition) is 1. The number of carbonyl (C=O) groups excluding carboxylic acids is 1. The molecule has 2 aromatic rings. The molecular weight excluding hydrogens is 380 g/mol. The molecule has 8 heteroatoms. The zero-order valence-corrected chi connectivity index (χ0v) is 17.5. The third kappa shape index (κ3) is 5.24. The maximum atomic E-state index is 12.3. The number of rotatable bonds is 8. The highest BCUT2D eigenvalue weighted by Crippen LogP contribution is 2.28. The zero-order valence-electron chi connectivity index (χ0n) is 16.7. The SMILES string of the molecule is COc1ccc(S(=O)(=O)N(C)C)cc1NC(=O)COc1ccc(C(C)C)cc1. The lowest BCUT2D eigenvalue weighted by molar-refractivity contribution is -0.118. The van der Waals surface area contributed by atoms with Crippen LogP contribution in [0.25, 0.3) is 0 Å². The third-order valence-corrected chi connectivity index (χ3v) is 5.95. The monoisotopic (exact) mass is 406 g/mol. The van der Waals surface area contributed by atoms with Gasteiger partial charge in [-0.15, -0.1) is 0 Å². The number of amides is 1. The van der Waals surface area contributed by atoms with E-state index in [1.807, 2.05) is 24.3 Å². The molecule has 0 spiro atoms. The molecule has 0 saturated heterocycles.